The van der Waals surface area contributed by atoms with Crippen molar-refractivity contribution in [1.29, 1.82) is 0 Å². The molecular weight excluding hydrogens is 278 g/mol. The number of sulfonamides is 1. The lowest BCUT2D eigenvalue weighted by molar-refractivity contribution is 0.0541. The second-order valence-electron chi connectivity index (χ2n) is 5.58. The molecule has 2 N–H and O–H groups in total. The maximum Gasteiger partial charge on any atom is 0.270 e. The van der Waals surface area contributed by atoms with Crippen LogP contribution in [0.15, 0.2) is 17.2 Å². The Morgan fingerprint density at radius 1 is 1.40 bits per heavy atom. The molecule has 2 heterocycles. The highest BCUT2D eigenvalue weighted by Gasteiger charge is 2.30. The van der Waals surface area contributed by atoms with Crippen LogP contribution >= 0.6 is 0 Å². The van der Waals surface area contributed by atoms with Gasteiger partial charge in [-0.25, -0.2) is 13.6 Å². The highest BCUT2D eigenvalue weighted by Crippen LogP contribution is 2.25. The number of rotatable bonds is 2. The summed E-state index contributed by atoms with van der Waals surface area (Å²) in [6, 6.07) is 1.51. The second-order valence-corrected chi connectivity index (χ2v) is 7.14. The van der Waals surface area contributed by atoms with Crippen LogP contribution in [0.3, 0.4) is 0 Å². The van der Waals surface area contributed by atoms with Gasteiger partial charge in [0.15, 0.2) is 0 Å². The van der Waals surface area contributed by atoms with Crippen molar-refractivity contribution in [3.05, 3.63) is 18.0 Å². The van der Waals surface area contributed by atoms with Gasteiger partial charge in [-0.05, 0) is 31.7 Å². The standard InChI is InChI=1S/C13H21N3O3S/c1-9-5-4-6-16(10(9)2)13(17)12-7-11(8-15(12)3)20(14,18)19/h7-10H,4-6H2,1-3H3,(H2,14,18,19). The van der Waals surface area contributed by atoms with Gasteiger partial charge in [0.1, 0.15) is 10.6 Å². The Bertz CT molecular complexity index is 621. The third-order valence-electron chi connectivity index (χ3n) is 4.16. The van der Waals surface area contributed by atoms with Crippen LogP contribution in [0.2, 0.25) is 0 Å². The molecule has 0 bridgehead atoms. The molecule has 1 aromatic rings. The Labute approximate surface area is 119 Å². The van der Waals surface area contributed by atoms with Gasteiger partial charge < -0.3 is 9.47 Å². The summed E-state index contributed by atoms with van der Waals surface area (Å²) in [5, 5.41) is 5.10. The highest BCUT2D eigenvalue weighted by molar-refractivity contribution is 7.89. The molecular formula is C13H21N3O3S. The molecule has 0 spiro atoms. The summed E-state index contributed by atoms with van der Waals surface area (Å²) in [4.78, 5) is 14.4. The van der Waals surface area contributed by atoms with Crippen molar-refractivity contribution in [3.63, 3.8) is 0 Å². The first-order valence-corrected chi connectivity index (χ1v) is 8.26. The van der Waals surface area contributed by atoms with Gasteiger partial charge in [0, 0.05) is 25.8 Å². The average molecular weight is 299 g/mol. The van der Waals surface area contributed by atoms with E-state index in [0.29, 0.717) is 18.2 Å². The Kier molecular flexibility index (Phi) is 3.93. The van der Waals surface area contributed by atoms with E-state index < -0.39 is 10.0 Å². The van der Waals surface area contributed by atoms with Crippen LogP contribution in [0.1, 0.15) is 37.2 Å². The number of hydrogen-bond donors (Lipinski definition) is 1. The molecule has 1 amide bonds. The Balaban J connectivity index is 2.32. The van der Waals surface area contributed by atoms with Crippen molar-refractivity contribution < 1.29 is 13.2 Å². The van der Waals surface area contributed by atoms with Crippen LogP contribution in [0.4, 0.5) is 0 Å². The van der Waals surface area contributed by atoms with Gasteiger partial charge in [0.05, 0.1) is 0 Å². The normalized spacial score (nSPS) is 23.9. The number of primary sulfonamides is 1. The predicted octanol–water partition coefficient (Wildman–Crippen LogP) is 0.933. The largest absolute Gasteiger partial charge is 0.345 e. The van der Waals surface area contributed by atoms with Gasteiger partial charge in [-0.2, -0.15) is 0 Å². The number of likely N-dealkylation sites (tertiary alicyclic amines) is 1. The van der Waals surface area contributed by atoms with E-state index in [1.54, 1.807) is 7.05 Å². The number of aromatic nitrogens is 1. The summed E-state index contributed by atoms with van der Waals surface area (Å²) in [7, 11) is -2.13. The Morgan fingerprint density at radius 2 is 2.05 bits per heavy atom. The van der Waals surface area contributed by atoms with E-state index in [2.05, 4.69) is 6.92 Å². The number of hydrogen-bond acceptors (Lipinski definition) is 3. The highest BCUT2D eigenvalue weighted by atomic mass is 32.2. The summed E-state index contributed by atoms with van der Waals surface area (Å²) in [6.07, 6.45) is 3.46. The van der Waals surface area contributed by atoms with Gasteiger partial charge in [-0.15, -0.1) is 0 Å². The minimum atomic E-state index is -3.78. The third-order valence-corrected chi connectivity index (χ3v) is 5.04. The first kappa shape index (κ1) is 15.1. The first-order chi connectivity index (χ1) is 9.21. The topological polar surface area (TPSA) is 85.4 Å². The molecule has 1 aromatic heterocycles. The van der Waals surface area contributed by atoms with Crippen molar-refractivity contribution >= 4 is 15.9 Å². The summed E-state index contributed by atoms with van der Waals surface area (Å²) in [5.74, 6) is 0.312. The van der Waals surface area contributed by atoms with Gasteiger partial charge in [0.25, 0.3) is 5.91 Å². The van der Waals surface area contributed by atoms with Crippen LogP contribution in [0, 0.1) is 5.92 Å². The average Bonchev–Trinajstić information content (AvgIpc) is 2.74. The zero-order valence-corrected chi connectivity index (χ0v) is 12.9. The third kappa shape index (κ3) is 2.73. The van der Waals surface area contributed by atoms with Crippen molar-refractivity contribution in [2.45, 2.75) is 37.6 Å². The Morgan fingerprint density at radius 3 is 2.60 bits per heavy atom. The lowest BCUT2D eigenvalue weighted by Gasteiger charge is -2.37. The van der Waals surface area contributed by atoms with E-state index in [4.69, 9.17) is 5.14 Å². The molecule has 20 heavy (non-hydrogen) atoms. The zero-order valence-electron chi connectivity index (χ0n) is 12.0. The minimum absolute atomic E-state index is 0.0268. The summed E-state index contributed by atoms with van der Waals surface area (Å²) in [6.45, 7) is 4.87. The number of nitrogens with zero attached hydrogens (tertiary/aromatic N) is 2. The number of nitrogens with two attached hydrogens (primary N) is 1. The molecule has 0 saturated carbocycles. The molecule has 1 fully saturated rings. The Hall–Kier alpha value is -1.34. The molecule has 6 nitrogen and oxygen atoms in total. The molecule has 2 rings (SSSR count). The molecule has 2 unspecified atom stereocenters. The van der Waals surface area contributed by atoms with E-state index >= 15 is 0 Å². The predicted molar refractivity (Wildman–Crippen MR) is 75.7 cm³/mol. The fraction of sp³-hybridized carbons (Fsp3) is 0.615. The summed E-state index contributed by atoms with van der Waals surface area (Å²) in [5.41, 5.74) is 0.356. The fourth-order valence-corrected chi connectivity index (χ4v) is 3.25. The van der Waals surface area contributed by atoms with Crippen molar-refractivity contribution in [3.8, 4) is 0 Å². The van der Waals surface area contributed by atoms with E-state index in [1.807, 2.05) is 11.8 Å². The van der Waals surface area contributed by atoms with Crippen molar-refractivity contribution in [2.24, 2.45) is 18.1 Å². The van der Waals surface area contributed by atoms with Gasteiger partial charge in [-0.3, -0.25) is 4.79 Å². The molecule has 1 aliphatic rings. The number of amides is 1. The molecule has 0 radical (unpaired) electrons. The van der Waals surface area contributed by atoms with E-state index in [9.17, 15) is 13.2 Å². The van der Waals surface area contributed by atoms with Crippen LogP contribution in [0.5, 0.6) is 0 Å². The van der Waals surface area contributed by atoms with E-state index in [0.717, 1.165) is 12.8 Å². The second kappa shape index (κ2) is 5.21. The van der Waals surface area contributed by atoms with Gasteiger partial charge >= 0.3 is 0 Å². The lowest BCUT2D eigenvalue weighted by atomic mass is 9.92. The quantitative estimate of drug-likeness (QED) is 0.881. The van der Waals surface area contributed by atoms with Gasteiger partial charge in [0.2, 0.25) is 10.0 Å². The molecule has 7 heteroatoms. The van der Waals surface area contributed by atoms with Crippen molar-refractivity contribution in [2.75, 3.05) is 6.54 Å². The zero-order chi connectivity index (χ0) is 15.1. The van der Waals surface area contributed by atoms with Crippen LogP contribution in [-0.2, 0) is 17.1 Å². The van der Waals surface area contributed by atoms with Crippen LogP contribution in [0.25, 0.3) is 0 Å². The molecule has 2 atom stereocenters. The number of carbonyl (C=O) groups is 1. The van der Waals surface area contributed by atoms with Crippen LogP contribution in [-0.4, -0.2) is 36.4 Å². The lowest BCUT2D eigenvalue weighted by Crippen LogP contribution is -2.46. The first-order valence-electron chi connectivity index (χ1n) is 6.72. The van der Waals surface area contributed by atoms with Crippen molar-refractivity contribution in [1.82, 2.24) is 9.47 Å². The smallest absolute Gasteiger partial charge is 0.270 e. The number of aryl methyl sites for hydroxylation is 1. The molecule has 0 aliphatic carbocycles. The SMILES string of the molecule is CC1CCCN(C(=O)c2cc(S(N)(=O)=O)cn2C)C1C. The molecule has 112 valence electrons. The summed E-state index contributed by atoms with van der Waals surface area (Å²) < 4.78 is 24.2. The monoisotopic (exact) mass is 299 g/mol. The maximum absolute atomic E-state index is 12.6. The molecule has 1 aliphatic heterocycles. The molecule has 0 aromatic carbocycles. The minimum Gasteiger partial charge on any atom is -0.345 e. The van der Waals surface area contributed by atoms with E-state index in [-0.39, 0.29) is 16.8 Å². The summed E-state index contributed by atoms with van der Waals surface area (Å²) >= 11 is 0. The fourth-order valence-electron chi connectivity index (χ4n) is 2.67. The number of piperidine rings is 1. The maximum atomic E-state index is 12.6. The number of carbonyl (C=O) groups excluding carboxylic acids is 1. The van der Waals surface area contributed by atoms with Gasteiger partial charge in [-0.1, -0.05) is 6.92 Å². The molecule has 1 saturated heterocycles. The van der Waals surface area contributed by atoms with E-state index in [1.165, 1.54) is 16.8 Å². The van der Waals surface area contributed by atoms with Crippen LogP contribution < -0.4 is 5.14 Å².